The zero-order chi connectivity index (χ0) is 21.7. The number of halogens is 1. The molecule has 29 heavy (non-hydrogen) atoms. The molecule has 0 fully saturated rings. The highest BCUT2D eigenvalue weighted by Crippen LogP contribution is 2.24. The van der Waals surface area contributed by atoms with Crippen LogP contribution in [0.15, 0.2) is 38.8 Å². The Labute approximate surface area is 179 Å². The molecule has 3 N–H and O–H groups in total. The van der Waals surface area contributed by atoms with Crippen LogP contribution in [0, 0.1) is 11.8 Å². The van der Waals surface area contributed by atoms with Gasteiger partial charge in [-0.25, -0.2) is 4.79 Å². The van der Waals surface area contributed by atoms with E-state index in [1.165, 1.54) is 21.2 Å². The fourth-order valence-corrected chi connectivity index (χ4v) is 3.72. The third-order valence-corrected chi connectivity index (χ3v) is 5.31. The zero-order valence-corrected chi connectivity index (χ0v) is 18.6. The number of benzene rings is 1. The van der Waals surface area contributed by atoms with Gasteiger partial charge in [0, 0.05) is 23.0 Å². The summed E-state index contributed by atoms with van der Waals surface area (Å²) in [5.74, 6) is 0.118. The minimum Gasteiger partial charge on any atom is -0.383 e. The van der Waals surface area contributed by atoms with Crippen LogP contribution in [0.3, 0.4) is 0 Å². The summed E-state index contributed by atoms with van der Waals surface area (Å²) in [6, 6.07) is 7.17. The normalized spacial score (nSPS) is 11.3. The Morgan fingerprint density at radius 3 is 2.34 bits per heavy atom. The SMILES string of the molecule is CC(C)CN(C(=O)CSc1ccc(Cl)cc1)c1c(N)n(CC(C)C)c(=O)[nH]c1=O. The van der Waals surface area contributed by atoms with Crippen LogP contribution in [-0.4, -0.2) is 27.8 Å². The third kappa shape index (κ3) is 6.14. The van der Waals surface area contributed by atoms with Crippen LogP contribution >= 0.6 is 23.4 Å². The molecule has 0 atom stereocenters. The molecule has 0 saturated carbocycles. The number of rotatable bonds is 8. The number of hydrogen-bond donors (Lipinski definition) is 2. The first kappa shape index (κ1) is 23.1. The maximum absolute atomic E-state index is 13.0. The second kappa shape index (κ2) is 10.0. The van der Waals surface area contributed by atoms with Gasteiger partial charge in [0.25, 0.3) is 5.56 Å². The molecule has 0 unspecified atom stereocenters. The summed E-state index contributed by atoms with van der Waals surface area (Å²) in [6.07, 6.45) is 0. The second-order valence-electron chi connectivity index (χ2n) is 7.64. The Morgan fingerprint density at radius 2 is 1.79 bits per heavy atom. The number of hydrogen-bond acceptors (Lipinski definition) is 5. The molecule has 2 aromatic rings. The van der Waals surface area contributed by atoms with E-state index in [2.05, 4.69) is 4.98 Å². The van der Waals surface area contributed by atoms with Crippen molar-refractivity contribution in [3.8, 4) is 0 Å². The van der Waals surface area contributed by atoms with Crippen molar-refractivity contribution >= 4 is 40.8 Å². The summed E-state index contributed by atoms with van der Waals surface area (Å²) >= 11 is 7.24. The molecule has 2 rings (SSSR count). The van der Waals surface area contributed by atoms with Crippen molar-refractivity contribution in [1.82, 2.24) is 9.55 Å². The highest BCUT2D eigenvalue weighted by Gasteiger charge is 2.25. The summed E-state index contributed by atoms with van der Waals surface area (Å²) in [4.78, 5) is 42.4. The number of carbonyl (C=O) groups is 1. The number of nitrogens with one attached hydrogen (secondary N) is 1. The monoisotopic (exact) mass is 438 g/mol. The van der Waals surface area contributed by atoms with Crippen molar-refractivity contribution in [3.05, 3.63) is 50.1 Å². The quantitative estimate of drug-likeness (QED) is 0.616. The molecule has 0 radical (unpaired) electrons. The first-order valence-corrected chi connectivity index (χ1v) is 10.8. The number of nitrogens with two attached hydrogens (primary N) is 1. The highest BCUT2D eigenvalue weighted by molar-refractivity contribution is 8.00. The molecule has 0 aliphatic heterocycles. The highest BCUT2D eigenvalue weighted by atomic mass is 35.5. The van der Waals surface area contributed by atoms with Crippen LogP contribution in [0.4, 0.5) is 11.5 Å². The lowest BCUT2D eigenvalue weighted by Crippen LogP contribution is -2.43. The van der Waals surface area contributed by atoms with Gasteiger partial charge < -0.3 is 10.6 Å². The first-order chi connectivity index (χ1) is 13.6. The molecule has 0 saturated heterocycles. The van der Waals surface area contributed by atoms with Gasteiger partial charge in [0.1, 0.15) is 5.82 Å². The molecule has 0 aliphatic carbocycles. The molecule has 0 bridgehead atoms. The van der Waals surface area contributed by atoms with E-state index in [1.807, 2.05) is 39.8 Å². The van der Waals surface area contributed by atoms with Crippen LogP contribution in [0.2, 0.25) is 5.02 Å². The van der Waals surface area contributed by atoms with E-state index in [-0.39, 0.29) is 35.0 Å². The van der Waals surface area contributed by atoms with E-state index in [4.69, 9.17) is 17.3 Å². The molecule has 1 heterocycles. The summed E-state index contributed by atoms with van der Waals surface area (Å²) in [5, 5.41) is 0.619. The first-order valence-electron chi connectivity index (χ1n) is 9.41. The van der Waals surface area contributed by atoms with Crippen molar-refractivity contribution in [2.75, 3.05) is 22.9 Å². The average Bonchev–Trinajstić information content (AvgIpc) is 2.63. The Bertz CT molecular complexity index is 967. The number of H-pyrrole nitrogens is 1. The van der Waals surface area contributed by atoms with Gasteiger partial charge in [-0.15, -0.1) is 11.8 Å². The standard InChI is InChI=1S/C20H27ClN4O3S/c1-12(2)9-24(16(26)11-29-15-7-5-14(21)6-8-15)17-18(22)25(10-13(3)4)20(28)23-19(17)27/h5-8,12-13H,9-11,22H2,1-4H3,(H,23,27,28). The van der Waals surface area contributed by atoms with Crippen LogP contribution in [0.1, 0.15) is 27.7 Å². The topological polar surface area (TPSA) is 101 Å². The number of anilines is 2. The van der Waals surface area contributed by atoms with Gasteiger partial charge in [-0.1, -0.05) is 39.3 Å². The molecular weight excluding hydrogens is 412 g/mol. The van der Waals surface area contributed by atoms with E-state index < -0.39 is 11.2 Å². The van der Waals surface area contributed by atoms with Crippen molar-refractivity contribution in [1.29, 1.82) is 0 Å². The fraction of sp³-hybridized carbons (Fsp3) is 0.450. The lowest BCUT2D eigenvalue weighted by molar-refractivity contribution is -0.116. The number of nitrogens with zero attached hydrogens (tertiary/aromatic N) is 2. The average molecular weight is 439 g/mol. The number of nitrogen functional groups attached to an aromatic ring is 1. The molecule has 1 amide bonds. The Morgan fingerprint density at radius 1 is 1.17 bits per heavy atom. The van der Waals surface area contributed by atoms with Crippen molar-refractivity contribution < 1.29 is 4.79 Å². The Kier molecular flexibility index (Phi) is 7.98. The van der Waals surface area contributed by atoms with E-state index >= 15 is 0 Å². The summed E-state index contributed by atoms with van der Waals surface area (Å²) in [5.41, 5.74) is 5.00. The number of aromatic nitrogens is 2. The maximum Gasteiger partial charge on any atom is 0.330 e. The molecule has 158 valence electrons. The molecule has 9 heteroatoms. The summed E-state index contributed by atoms with van der Waals surface area (Å²) in [7, 11) is 0. The molecule has 0 aliphatic rings. The van der Waals surface area contributed by atoms with Gasteiger partial charge in [-0.05, 0) is 36.1 Å². The van der Waals surface area contributed by atoms with Crippen LogP contribution in [0.5, 0.6) is 0 Å². The number of carbonyl (C=O) groups excluding carboxylic acids is 1. The Hall–Kier alpha value is -2.19. The maximum atomic E-state index is 13.0. The van der Waals surface area contributed by atoms with Crippen molar-refractivity contribution in [2.24, 2.45) is 11.8 Å². The number of aromatic amines is 1. The number of amides is 1. The van der Waals surface area contributed by atoms with E-state index in [9.17, 15) is 14.4 Å². The molecule has 1 aromatic heterocycles. The van der Waals surface area contributed by atoms with Crippen LogP contribution < -0.4 is 21.9 Å². The van der Waals surface area contributed by atoms with Gasteiger partial charge in [-0.3, -0.25) is 19.1 Å². The zero-order valence-electron chi connectivity index (χ0n) is 17.1. The van der Waals surface area contributed by atoms with E-state index in [0.717, 1.165) is 4.90 Å². The van der Waals surface area contributed by atoms with E-state index in [1.54, 1.807) is 12.1 Å². The summed E-state index contributed by atoms with van der Waals surface area (Å²) in [6.45, 7) is 8.43. The van der Waals surface area contributed by atoms with Gasteiger partial charge in [0.05, 0.1) is 5.75 Å². The molecule has 7 nitrogen and oxygen atoms in total. The van der Waals surface area contributed by atoms with Crippen molar-refractivity contribution in [3.63, 3.8) is 0 Å². The lowest BCUT2D eigenvalue weighted by Gasteiger charge is -2.26. The lowest BCUT2D eigenvalue weighted by atomic mass is 10.2. The molecule has 1 aromatic carbocycles. The van der Waals surface area contributed by atoms with E-state index in [0.29, 0.717) is 18.1 Å². The smallest absolute Gasteiger partial charge is 0.330 e. The fourth-order valence-electron chi connectivity index (χ4n) is 2.82. The van der Waals surface area contributed by atoms with Crippen molar-refractivity contribution in [2.45, 2.75) is 39.1 Å². The van der Waals surface area contributed by atoms with Gasteiger partial charge in [0.15, 0.2) is 5.69 Å². The largest absolute Gasteiger partial charge is 0.383 e. The van der Waals surface area contributed by atoms with Crippen LogP contribution in [-0.2, 0) is 11.3 Å². The minimum atomic E-state index is -0.655. The molecule has 0 spiro atoms. The molecular formula is C20H27ClN4O3S. The predicted octanol–water partition coefficient (Wildman–Crippen LogP) is 3.21. The summed E-state index contributed by atoms with van der Waals surface area (Å²) < 4.78 is 1.31. The predicted molar refractivity (Wildman–Crippen MR) is 120 cm³/mol. The van der Waals surface area contributed by atoms with Gasteiger partial charge >= 0.3 is 5.69 Å². The minimum absolute atomic E-state index is 0.0120. The van der Waals surface area contributed by atoms with Crippen LogP contribution in [0.25, 0.3) is 0 Å². The second-order valence-corrected chi connectivity index (χ2v) is 9.12. The third-order valence-electron chi connectivity index (χ3n) is 4.06. The Balaban J connectivity index is 2.38. The number of thioether (sulfide) groups is 1. The van der Waals surface area contributed by atoms with Gasteiger partial charge in [-0.2, -0.15) is 0 Å². The van der Waals surface area contributed by atoms with Gasteiger partial charge in [0.2, 0.25) is 5.91 Å².